The highest BCUT2D eigenvalue weighted by Gasteiger charge is 2.47. The molecule has 3 aliphatic rings. The summed E-state index contributed by atoms with van der Waals surface area (Å²) in [6, 6.07) is 25.1. The van der Waals surface area contributed by atoms with Gasteiger partial charge in [-0.05, 0) is 54.3 Å². The Hall–Kier alpha value is -4.71. The molecule has 0 saturated carbocycles. The summed E-state index contributed by atoms with van der Waals surface area (Å²) in [5.74, 6) is 5.39. The number of nitrogens with zero attached hydrogens (tertiary/aromatic N) is 6. The fourth-order valence-electron chi connectivity index (χ4n) is 5.49. The van der Waals surface area contributed by atoms with Crippen LogP contribution in [0.25, 0.3) is 5.69 Å². The highest BCUT2D eigenvalue weighted by atomic mass is 35.5. The van der Waals surface area contributed by atoms with E-state index in [1.807, 2.05) is 77.9 Å². The Morgan fingerprint density at radius 2 is 1.60 bits per heavy atom. The molecule has 0 bridgehead atoms. The number of fused-ring (bicyclic) bond motifs is 2. The van der Waals surface area contributed by atoms with Gasteiger partial charge in [0.05, 0.1) is 28.7 Å². The summed E-state index contributed by atoms with van der Waals surface area (Å²) in [5.41, 5.74) is 5.94. The molecule has 4 heterocycles. The molecule has 0 aliphatic carbocycles. The van der Waals surface area contributed by atoms with E-state index in [9.17, 15) is 9.59 Å². The summed E-state index contributed by atoms with van der Waals surface area (Å²) in [6.45, 7) is 1.84. The van der Waals surface area contributed by atoms with E-state index in [-0.39, 0.29) is 23.2 Å². The average Bonchev–Trinajstić information content (AvgIpc) is 3.56. The van der Waals surface area contributed by atoms with Gasteiger partial charge >= 0.3 is 0 Å². The van der Waals surface area contributed by atoms with Crippen molar-refractivity contribution >= 4 is 57.6 Å². The number of carbonyl (C=O) groups excluding carboxylic acids is 1. The van der Waals surface area contributed by atoms with Crippen LogP contribution in [0.15, 0.2) is 111 Å². The Morgan fingerprint density at radius 3 is 2.26 bits per heavy atom. The van der Waals surface area contributed by atoms with E-state index in [1.165, 1.54) is 21.3 Å². The standard InChI is InChI=1S/C30H23ClN8O2S/c1-17-23(28(41)39(36-17)21-10-6-3-7-11-21)22-16-42-30-34-26-24(25(38(22)30)18-12-14-19(31)15-13-18)27(40)37(29(33-26)35-32)20-8-4-2-5-9-20/h2-16,23,25H,32H2,1H3,(H,33,35). The first-order chi connectivity index (χ1) is 20.5. The number of thioether (sulfide) groups is 1. The number of nitrogens with two attached hydrogens (primary N) is 1. The van der Waals surface area contributed by atoms with Crippen molar-refractivity contribution in [3.05, 3.63) is 123 Å². The maximum absolute atomic E-state index is 14.4. The molecule has 0 fully saturated rings. The van der Waals surface area contributed by atoms with Crippen molar-refractivity contribution in [3.63, 3.8) is 0 Å². The van der Waals surface area contributed by atoms with E-state index in [0.717, 1.165) is 5.56 Å². The lowest BCUT2D eigenvalue weighted by atomic mass is 9.93. The molecule has 0 radical (unpaired) electrons. The van der Waals surface area contributed by atoms with Crippen LogP contribution in [-0.4, -0.2) is 31.2 Å². The second-order valence-corrected chi connectivity index (χ2v) is 11.1. The monoisotopic (exact) mass is 594 g/mol. The van der Waals surface area contributed by atoms with Gasteiger partial charge in [-0.2, -0.15) is 15.1 Å². The number of nitrogen functional groups attached to an aromatic ring is 1. The first-order valence-electron chi connectivity index (χ1n) is 13.1. The van der Waals surface area contributed by atoms with Gasteiger partial charge in [0.1, 0.15) is 5.92 Å². The van der Waals surface area contributed by atoms with E-state index in [0.29, 0.717) is 38.5 Å². The number of hydrazine groups is 1. The zero-order valence-corrected chi connectivity index (χ0v) is 23.8. The van der Waals surface area contributed by atoms with Crippen molar-refractivity contribution in [2.45, 2.75) is 13.0 Å². The average molecular weight is 595 g/mol. The molecule has 2 atom stereocenters. The number of anilines is 2. The van der Waals surface area contributed by atoms with Crippen molar-refractivity contribution in [2.24, 2.45) is 21.9 Å². The number of rotatable bonds is 5. The molecule has 12 heteroatoms. The number of hydrogen-bond acceptors (Lipinski definition) is 9. The second kappa shape index (κ2) is 10.3. The number of aromatic nitrogens is 2. The van der Waals surface area contributed by atoms with Gasteiger partial charge in [-0.15, -0.1) is 0 Å². The third-order valence-corrected chi connectivity index (χ3v) is 8.47. The van der Waals surface area contributed by atoms with E-state index < -0.39 is 12.0 Å². The number of benzene rings is 3. The topological polar surface area (TPSA) is 121 Å². The molecule has 7 rings (SSSR count). The van der Waals surface area contributed by atoms with Crippen LogP contribution in [-0.2, 0) is 4.79 Å². The molecule has 4 aromatic rings. The molecule has 208 valence electrons. The number of nitrogens with one attached hydrogen (secondary N) is 1. The Balaban J connectivity index is 1.40. The minimum Gasteiger partial charge on any atom is -0.311 e. The Kier molecular flexibility index (Phi) is 6.42. The largest absolute Gasteiger partial charge is 0.311 e. The van der Waals surface area contributed by atoms with Gasteiger partial charge in [0.15, 0.2) is 11.0 Å². The highest BCUT2D eigenvalue weighted by molar-refractivity contribution is 8.16. The quantitative estimate of drug-likeness (QED) is 0.241. The molecule has 3 N–H and O–H groups in total. The van der Waals surface area contributed by atoms with E-state index in [2.05, 4.69) is 15.5 Å². The Labute approximate surface area is 249 Å². The van der Waals surface area contributed by atoms with Gasteiger partial charge in [0.25, 0.3) is 11.5 Å². The van der Waals surface area contributed by atoms with Gasteiger partial charge in [-0.25, -0.2) is 15.4 Å². The summed E-state index contributed by atoms with van der Waals surface area (Å²) < 4.78 is 1.43. The summed E-state index contributed by atoms with van der Waals surface area (Å²) >= 11 is 7.63. The molecule has 42 heavy (non-hydrogen) atoms. The lowest BCUT2D eigenvalue weighted by molar-refractivity contribution is -0.119. The molecule has 10 nitrogen and oxygen atoms in total. The third kappa shape index (κ3) is 4.13. The Morgan fingerprint density at radius 1 is 0.929 bits per heavy atom. The smallest absolute Gasteiger partial charge is 0.267 e. The number of hydrogen-bond donors (Lipinski definition) is 2. The third-order valence-electron chi connectivity index (χ3n) is 7.36. The van der Waals surface area contributed by atoms with Gasteiger partial charge in [0.2, 0.25) is 5.95 Å². The van der Waals surface area contributed by atoms with Crippen molar-refractivity contribution < 1.29 is 4.79 Å². The molecular weight excluding hydrogens is 572 g/mol. The van der Waals surface area contributed by atoms with Crippen molar-refractivity contribution in [3.8, 4) is 5.69 Å². The summed E-state index contributed by atoms with van der Waals surface area (Å²) in [5, 5.41) is 9.10. The molecule has 1 amide bonds. The van der Waals surface area contributed by atoms with Crippen molar-refractivity contribution in [2.75, 3.05) is 10.4 Å². The summed E-state index contributed by atoms with van der Waals surface area (Å²) in [7, 11) is 0. The van der Waals surface area contributed by atoms with Gasteiger partial charge in [0, 0.05) is 10.7 Å². The van der Waals surface area contributed by atoms with Crippen LogP contribution in [0.3, 0.4) is 0 Å². The number of carbonyl (C=O) groups is 1. The lowest BCUT2D eigenvalue weighted by Crippen LogP contribution is -2.42. The molecule has 2 unspecified atom stereocenters. The normalized spacial score (nSPS) is 19.2. The highest BCUT2D eigenvalue weighted by Crippen LogP contribution is 2.48. The number of para-hydroxylation sites is 2. The molecule has 1 aromatic heterocycles. The number of amidine groups is 1. The van der Waals surface area contributed by atoms with E-state index in [1.54, 1.807) is 24.3 Å². The van der Waals surface area contributed by atoms with Crippen LogP contribution in [0.5, 0.6) is 0 Å². The van der Waals surface area contributed by atoms with Crippen molar-refractivity contribution in [1.82, 2.24) is 14.5 Å². The first-order valence-corrected chi connectivity index (χ1v) is 14.3. The van der Waals surface area contributed by atoms with Gasteiger partial charge < -0.3 is 4.90 Å². The van der Waals surface area contributed by atoms with Crippen LogP contribution in [0.1, 0.15) is 24.1 Å². The zero-order chi connectivity index (χ0) is 29.0. The predicted octanol–water partition coefficient (Wildman–Crippen LogP) is 5.19. The molecule has 0 saturated heterocycles. The van der Waals surface area contributed by atoms with Crippen LogP contribution in [0.2, 0.25) is 5.02 Å². The Bertz CT molecular complexity index is 1870. The lowest BCUT2D eigenvalue weighted by Gasteiger charge is -2.37. The molecule has 3 aliphatic heterocycles. The molecule has 0 spiro atoms. The van der Waals surface area contributed by atoms with Crippen LogP contribution in [0.4, 0.5) is 17.5 Å². The van der Waals surface area contributed by atoms with E-state index in [4.69, 9.17) is 22.4 Å². The fourth-order valence-corrected chi connectivity index (χ4v) is 6.55. The molecular formula is C30H23ClN8O2S. The van der Waals surface area contributed by atoms with Gasteiger partial charge in [-0.3, -0.25) is 15.0 Å². The number of halogens is 1. The summed E-state index contributed by atoms with van der Waals surface area (Å²) in [4.78, 5) is 39.7. The minimum atomic E-state index is -0.670. The van der Waals surface area contributed by atoms with Gasteiger partial charge in [-0.1, -0.05) is 71.9 Å². The number of amides is 1. The fraction of sp³-hybridized carbons (Fsp3) is 0.100. The van der Waals surface area contributed by atoms with Crippen molar-refractivity contribution in [1.29, 1.82) is 0 Å². The first kappa shape index (κ1) is 26.2. The number of hydrazone groups is 1. The predicted molar refractivity (Wildman–Crippen MR) is 166 cm³/mol. The zero-order valence-electron chi connectivity index (χ0n) is 22.2. The minimum absolute atomic E-state index is 0.154. The van der Waals surface area contributed by atoms with Crippen LogP contribution in [0, 0.1) is 5.92 Å². The SMILES string of the molecule is CC1=NN(c2ccccc2)C(=O)C1C1=CSC2=Nc3nc(NN)n(-c4ccccc4)c(=O)c3C(c3ccc(Cl)cc3)N12. The second-order valence-electron chi connectivity index (χ2n) is 9.83. The maximum Gasteiger partial charge on any atom is 0.267 e. The number of aliphatic imine (C=N–C) groups is 1. The van der Waals surface area contributed by atoms with Crippen LogP contribution < -0.4 is 21.8 Å². The maximum atomic E-state index is 14.4. The summed E-state index contributed by atoms with van der Waals surface area (Å²) in [6.07, 6.45) is 0. The van der Waals surface area contributed by atoms with E-state index >= 15 is 0 Å². The molecule has 3 aromatic carbocycles. The van der Waals surface area contributed by atoms with Crippen LogP contribution >= 0.6 is 23.4 Å².